The monoisotopic (exact) mass is 506 g/mol. The first kappa shape index (κ1) is 22.7. The van der Waals surface area contributed by atoms with Crippen molar-refractivity contribution in [3.63, 3.8) is 0 Å². The first-order valence-electron chi connectivity index (χ1n) is 9.39. The number of ether oxygens (including phenoxy) is 1. The van der Waals surface area contributed by atoms with Crippen molar-refractivity contribution in [3.8, 4) is 11.6 Å². The summed E-state index contributed by atoms with van der Waals surface area (Å²) in [5, 5.41) is 10.9. The number of nitrogens with zero attached hydrogens (tertiary/aromatic N) is 4. The van der Waals surface area contributed by atoms with E-state index in [2.05, 4.69) is 56.9 Å². The molecule has 0 aliphatic carbocycles. The molecule has 0 spiro atoms. The zero-order valence-corrected chi connectivity index (χ0v) is 19.0. The van der Waals surface area contributed by atoms with Crippen molar-refractivity contribution in [2.45, 2.75) is 19.9 Å². The molecule has 2 aromatic heterocycles. The second-order valence-corrected chi connectivity index (χ2v) is 6.16. The number of hydrogen-bond acceptors (Lipinski definition) is 4. The van der Waals surface area contributed by atoms with Gasteiger partial charge in [0.05, 0.1) is 25.0 Å². The third-order valence-electron chi connectivity index (χ3n) is 4.15. The molecule has 0 radical (unpaired) electrons. The highest BCUT2D eigenvalue weighted by atomic mass is 127. The maximum absolute atomic E-state index is 5.16. The quantitative estimate of drug-likeness (QED) is 0.279. The normalized spacial score (nSPS) is 10.9. The van der Waals surface area contributed by atoms with Crippen molar-refractivity contribution < 1.29 is 4.74 Å². The number of halogens is 1. The van der Waals surface area contributed by atoms with Crippen LogP contribution in [0.5, 0.6) is 5.88 Å². The Hall–Kier alpha value is -2.62. The molecule has 2 N–H and O–H groups in total. The Bertz CT molecular complexity index is 880. The molecule has 1 aromatic carbocycles. The van der Waals surface area contributed by atoms with Crippen LogP contribution in [0.25, 0.3) is 5.69 Å². The number of nitrogens with one attached hydrogen (secondary N) is 2. The summed E-state index contributed by atoms with van der Waals surface area (Å²) in [5.74, 6) is 1.38. The van der Waals surface area contributed by atoms with Crippen LogP contribution in [-0.2, 0) is 13.0 Å². The highest BCUT2D eigenvalue weighted by Gasteiger charge is 2.01. The average molecular weight is 506 g/mol. The van der Waals surface area contributed by atoms with Crippen molar-refractivity contribution in [1.82, 2.24) is 25.4 Å². The molecule has 3 rings (SSSR count). The molecular formula is C21H27IN6O. The smallest absolute Gasteiger partial charge is 0.213 e. The second-order valence-electron chi connectivity index (χ2n) is 6.16. The molecule has 0 unspecified atom stereocenters. The van der Waals surface area contributed by atoms with Gasteiger partial charge in [-0.2, -0.15) is 5.10 Å². The fraction of sp³-hybridized carbons (Fsp3) is 0.286. The van der Waals surface area contributed by atoms with E-state index in [9.17, 15) is 0 Å². The highest BCUT2D eigenvalue weighted by molar-refractivity contribution is 14.0. The lowest BCUT2D eigenvalue weighted by Crippen LogP contribution is -2.38. The van der Waals surface area contributed by atoms with Crippen LogP contribution in [0.15, 0.2) is 65.9 Å². The van der Waals surface area contributed by atoms with Gasteiger partial charge in [0, 0.05) is 31.5 Å². The van der Waals surface area contributed by atoms with Crippen LogP contribution in [0.2, 0.25) is 0 Å². The van der Waals surface area contributed by atoms with E-state index in [4.69, 9.17) is 4.74 Å². The zero-order chi connectivity index (χ0) is 19.6. The average Bonchev–Trinajstić information content (AvgIpc) is 3.27. The predicted octanol–water partition coefficient (Wildman–Crippen LogP) is 3.19. The fourth-order valence-electron chi connectivity index (χ4n) is 2.72. The van der Waals surface area contributed by atoms with E-state index < -0.39 is 0 Å². The van der Waals surface area contributed by atoms with Crippen molar-refractivity contribution in [2.24, 2.45) is 4.99 Å². The molecule has 29 heavy (non-hydrogen) atoms. The lowest BCUT2D eigenvalue weighted by molar-refractivity contribution is 0.396. The van der Waals surface area contributed by atoms with Crippen LogP contribution in [0, 0.1) is 0 Å². The van der Waals surface area contributed by atoms with Crippen molar-refractivity contribution in [3.05, 3.63) is 72.2 Å². The van der Waals surface area contributed by atoms with E-state index in [1.54, 1.807) is 13.3 Å². The van der Waals surface area contributed by atoms with E-state index in [0.717, 1.165) is 36.9 Å². The van der Waals surface area contributed by atoms with Gasteiger partial charge in [-0.05, 0) is 43.2 Å². The molecule has 0 aliphatic heterocycles. The highest BCUT2D eigenvalue weighted by Crippen LogP contribution is 2.09. The van der Waals surface area contributed by atoms with Crippen molar-refractivity contribution in [2.75, 3.05) is 20.2 Å². The predicted molar refractivity (Wildman–Crippen MR) is 126 cm³/mol. The van der Waals surface area contributed by atoms with Gasteiger partial charge < -0.3 is 15.4 Å². The molecule has 8 heteroatoms. The number of benzene rings is 1. The minimum absolute atomic E-state index is 0. The van der Waals surface area contributed by atoms with Gasteiger partial charge in [0.1, 0.15) is 0 Å². The van der Waals surface area contributed by atoms with Crippen LogP contribution in [0.4, 0.5) is 0 Å². The first-order valence-corrected chi connectivity index (χ1v) is 9.39. The summed E-state index contributed by atoms with van der Waals surface area (Å²) in [7, 11) is 1.61. The molecule has 0 aliphatic rings. The Morgan fingerprint density at radius 2 is 1.93 bits per heavy atom. The summed E-state index contributed by atoms with van der Waals surface area (Å²) >= 11 is 0. The lowest BCUT2D eigenvalue weighted by atomic mass is 10.1. The Kier molecular flexibility index (Phi) is 9.42. The summed E-state index contributed by atoms with van der Waals surface area (Å²) in [6.07, 6.45) is 4.62. The summed E-state index contributed by atoms with van der Waals surface area (Å²) in [4.78, 5) is 8.99. The van der Waals surface area contributed by atoms with Gasteiger partial charge in [-0.3, -0.25) is 0 Å². The van der Waals surface area contributed by atoms with E-state index in [1.165, 1.54) is 5.56 Å². The largest absolute Gasteiger partial charge is 0.481 e. The summed E-state index contributed by atoms with van der Waals surface area (Å²) in [6.45, 7) is 4.13. The van der Waals surface area contributed by atoms with Gasteiger partial charge in [0.2, 0.25) is 5.88 Å². The van der Waals surface area contributed by atoms with Crippen LogP contribution >= 0.6 is 24.0 Å². The van der Waals surface area contributed by atoms with Gasteiger partial charge in [0.25, 0.3) is 0 Å². The number of rotatable bonds is 8. The molecule has 7 nitrogen and oxygen atoms in total. The number of aromatic nitrogens is 3. The third kappa shape index (κ3) is 7.04. The van der Waals surface area contributed by atoms with Crippen LogP contribution in [0.1, 0.15) is 18.2 Å². The number of pyridine rings is 1. The first-order chi connectivity index (χ1) is 13.8. The summed E-state index contributed by atoms with van der Waals surface area (Å²) < 4.78 is 7.01. The van der Waals surface area contributed by atoms with Crippen LogP contribution < -0.4 is 15.4 Å². The standard InChI is InChI=1S/C21H26N6O.HI/c1-3-22-21(24-16-18-6-4-7-20(26-18)28-2)23-14-12-17-8-10-19(11-9-17)27-15-5-13-25-27;/h4-11,13,15H,3,12,14,16H2,1-2H3,(H2,22,23,24);1H. The Balaban J connectivity index is 0.00000300. The molecule has 0 saturated heterocycles. The lowest BCUT2D eigenvalue weighted by Gasteiger charge is -2.11. The minimum Gasteiger partial charge on any atom is -0.481 e. The number of aliphatic imine (C=N–C) groups is 1. The number of guanidine groups is 1. The molecule has 2 heterocycles. The molecule has 0 fully saturated rings. The van der Waals surface area contributed by atoms with Crippen LogP contribution in [-0.4, -0.2) is 40.9 Å². The van der Waals surface area contributed by atoms with E-state index in [1.807, 2.05) is 35.1 Å². The molecular weight excluding hydrogens is 479 g/mol. The topological polar surface area (TPSA) is 76.4 Å². The van der Waals surface area contributed by atoms with Crippen LogP contribution in [0.3, 0.4) is 0 Å². The Labute approximate surface area is 188 Å². The number of hydrogen-bond donors (Lipinski definition) is 2. The van der Waals surface area contributed by atoms with Gasteiger partial charge in [-0.25, -0.2) is 14.7 Å². The molecule has 0 saturated carbocycles. The minimum atomic E-state index is 0. The van der Waals surface area contributed by atoms with E-state index in [0.29, 0.717) is 12.4 Å². The van der Waals surface area contributed by atoms with Gasteiger partial charge in [-0.15, -0.1) is 24.0 Å². The maximum Gasteiger partial charge on any atom is 0.213 e. The zero-order valence-electron chi connectivity index (χ0n) is 16.7. The number of methoxy groups -OCH3 is 1. The SMILES string of the molecule is CCNC(=NCc1cccc(OC)n1)NCCc1ccc(-n2cccn2)cc1.I. The molecule has 3 aromatic rings. The fourth-order valence-corrected chi connectivity index (χ4v) is 2.72. The molecule has 0 bridgehead atoms. The second kappa shape index (κ2) is 12.1. The van der Waals surface area contributed by atoms with Crippen molar-refractivity contribution >= 4 is 29.9 Å². The van der Waals surface area contributed by atoms with Gasteiger partial charge >= 0.3 is 0 Å². The van der Waals surface area contributed by atoms with Gasteiger partial charge in [-0.1, -0.05) is 18.2 Å². The van der Waals surface area contributed by atoms with E-state index >= 15 is 0 Å². The molecule has 154 valence electrons. The van der Waals surface area contributed by atoms with E-state index in [-0.39, 0.29) is 24.0 Å². The molecule has 0 amide bonds. The van der Waals surface area contributed by atoms with Crippen molar-refractivity contribution in [1.29, 1.82) is 0 Å². The summed E-state index contributed by atoms with van der Waals surface area (Å²) in [5.41, 5.74) is 3.18. The maximum atomic E-state index is 5.16. The van der Waals surface area contributed by atoms with Gasteiger partial charge in [0.15, 0.2) is 5.96 Å². The molecule has 0 atom stereocenters. The third-order valence-corrected chi connectivity index (χ3v) is 4.15. The summed E-state index contributed by atoms with van der Waals surface area (Å²) in [6, 6.07) is 16.0. The Morgan fingerprint density at radius 1 is 1.10 bits per heavy atom. The Morgan fingerprint density at radius 3 is 2.62 bits per heavy atom.